The normalized spacial score (nSPS) is 11.4. The Morgan fingerprint density at radius 2 is 1.60 bits per heavy atom. The third-order valence-corrected chi connectivity index (χ3v) is 5.12. The van der Waals surface area contributed by atoms with Gasteiger partial charge in [-0.2, -0.15) is 13.2 Å². The zero-order valence-electron chi connectivity index (χ0n) is 14.9. The number of nitrogens with zero attached hydrogens (tertiary/aromatic N) is 1. The summed E-state index contributed by atoms with van der Waals surface area (Å²) in [5.74, 6) is -0.741. The molecule has 0 radical (unpaired) electrons. The van der Waals surface area contributed by atoms with Crippen LogP contribution in [0.5, 0.6) is 0 Å². The number of carbonyl (C=O) groups is 1. The van der Waals surface area contributed by atoms with Gasteiger partial charge in [-0.1, -0.05) is 46.9 Å². The predicted molar refractivity (Wildman–Crippen MR) is 111 cm³/mol. The highest BCUT2D eigenvalue weighted by atomic mass is 35.5. The van der Waals surface area contributed by atoms with Gasteiger partial charge < -0.3 is 9.88 Å². The van der Waals surface area contributed by atoms with E-state index in [1.165, 1.54) is 18.3 Å². The molecule has 1 N–H and O–H groups in total. The summed E-state index contributed by atoms with van der Waals surface area (Å²) in [6, 6.07) is 10.2. The first-order chi connectivity index (χ1) is 14.1. The average molecular weight is 476 g/mol. The van der Waals surface area contributed by atoms with Crippen LogP contribution in [0.3, 0.4) is 0 Å². The van der Waals surface area contributed by atoms with Gasteiger partial charge in [0.25, 0.3) is 11.5 Å². The molecule has 1 aromatic heterocycles. The summed E-state index contributed by atoms with van der Waals surface area (Å²) in [6.07, 6.45) is -3.32. The van der Waals surface area contributed by atoms with Crippen LogP contribution in [-0.2, 0) is 12.7 Å². The van der Waals surface area contributed by atoms with E-state index < -0.39 is 23.2 Å². The molecule has 0 saturated carbocycles. The molecule has 0 aliphatic heterocycles. The van der Waals surface area contributed by atoms with Crippen molar-refractivity contribution in [2.75, 3.05) is 5.32 Å². The maximum atomic E-state index is 12.9. The molecule has 0 atom stereocenters. The van der Waals surface area contributed by atoms with Crippen LogP contribution < -0.4 is 10.9 Å². The van der Waals surface area contributed by atoms with E-state index in [4.69, 9.17) is 34.8 Å². The molecule has 3 aromatic rings. The van der Waals surface area contributed by atoms with E-state index >= 15 is 0 Å². The maximum absolute atomic E-state index is 12.9. The van der Waals surface area contributed by atoms with Gasteiger partial charge in [-0.3, -0.25) is 9.59 Å². The minimum Gasteiger partial charge on any atom is -0.322 e. The molecule has 156 valence electrons. The molecule has 4 nitrogen and oxygen atoms in total. The van der Waals surface area contributed by atoms with Gasteiger partial charge in [0.1, 0.15) is 5.02 Å². The number of hydrogen-bond acceptors (Lipinski definition) is 2. The van der Waals surface area contributed by atoms with E-state index in [1.54, 1.807) is 18.2 Å². The first kappa shape index (κ1) is 22.2. The molecule has 0 unspecified atom stereocenters. The second kappa shape index (κ2) is 8.71. The molecule has 2 aromatic carbocycles. The third kappa shape index (κ3) is 4.98. The lowest BCUT2D eigenvalue weighted by Gasteiger charge is -2.13. The third-order valence-electron chi connectivity index (χ3n) is 4.14. The van der Waals surface area contributed by atoms with Gasteiger partial charge >= 0.3 is 6.18 Å². The second-order valence-corrected chi connectivity index (χ2v) is 7.46. The van der Waals surface area contributed by atoms with Crippen molar-refractivity contribution in [1.29, 1.82) is 0 Å². The molecule has 30 heavy (non-hydrogen) atoms. The van der Waals surface area contributed by atoms with Crippen LogP contribution in [-0.4, -0.2) is 10.5 Å². The van der Waals surface area contributed by atoms with Crippen molar-refractivity contribution in [2.24, 2.45) is 0 Å². The van der Waals surface area contributed by atoms with Crippen LogP contribution in [0.25, 0.3) is 0 Å². The van der Waals surface area contributed by atoms with Crippen molar-refractivity contribution in [3.05, 3.63) is 96.8 Å². The van der Waals surface area contributed by atoms with E-state index in [2.05, 4.69) is 5.32 Å². The van der Waals surface area contributed by atoms with E-state index in [0.717, 1.165) is 22.8 Å². The SMILES string of the molecule is O=C(Nc1cccc(C(F)(F)F)c1)c1cc(Cl)c(=O)n(Cc2c(Cl)cccc2Cl)c1. The molecule has 3 rings (SSSR count). The zero-order chi connectivity index (χ0) is 22.1. The van der Waals surface area contributed by atoms with Crippen molar-refractivity contribution in [1.82, 2.24) is 4.57 Å². The Hall–Kier alpha value is -2.48. The van der Waals surface area contributed by atoms with Gasteiger partial charge in [0.05, 0.1) is 17.7 Å². The summed E-state index contributed by atoms with van der Waals surface area (Å²) in [4.78, 5) is 24.9. The molecule has 0 saturated heterocycles. The van der Waals surface area contributed by atoms with Gasteiger partial charge in [-0.05, 0) is 36.4 Å². The number of anilines is 1. The summed E-state index contributed by atoms with van der Waals surface area (Å²) in [6.45, 7) is -0.0538. The molecule has 1 amide bonds. The number of alkyl halides is 3. The fraction of sp³-hybridized carbons (Fsp3) is 0.100. The van der Waals surface area contributed by atoms with Crippen LogP contribution in [0, 0.1) is 0 Å². The lowest BCUT2D eigenvalue weighted by molar-refractivity contribution is -0.137. The number of carbonyl (C=O) groups excluding carboxylic acids is 1. The topological polar surface area (TPSA) is 51.1 Å². The lowest BCUT2D eigenvalue weighted by atomic mass is 10.1. The minimum atomic E-state index is -4.55. The van der Waals surface area contributed by atoms with E-state index in [9.17, 15) is 22.8 Å². The molecule has 0 aliphatic carbocycles. The molecule has 0 bridgehead atoms. The van der Waals surface area contributed by atoms with Crippen LogP contribution >= 0.6 is 34.8 Å². The smallest absolute Gasteiger partial charge is 0.322 e. The molecular formula is C20H12Cl3F3N2O2. The summed E-state index contributed by atoms with van der Waals surface area (Å²) < 4.78 is 39.7. The molecule has 0 spiro atoms. The molecule has 0 aliphatic rings. The molecular weight excluding hydrogens is 464 g/mol. The maximum Gasteiger partial charge on any atom is 0.416 e. The lowest BCUT2D eigenvalue weighted by Crippen LogP contribution is -2.24. The largest absolute Gasteiger partial charge is 0.416 e. The van der Waals surface area contributed by atoms with Crippen molar-refractivity contribution in [3.63, 3.8) is 0 Å². The van der Waals surface area contributed by atoms with Gasteiger partial charge in [0.15, 0.2) is 0 Å². The number of pyridine rings is 1. The second-order valence-electron chi connectivity index (χ2n) is 6.24. The highest BCUT2D eigenvalue weighted by Crippen LogP contribution is 2.31. The average Bonchev–Trinajstić information content (AvgIpc) is 2.67. The quantitative estimate of drug-likeness (QED) is 0.494. The van der Waals surface area contributed by atoms with E-state index in [1.807, 2.05) is 0 Å². The summed E-state index contributed by atoms with van der Waals surface area (Å²) in [5.41, 5.74) is -1.12. The Morgan fingerprint density at radius 3 is 2.23 bits per heavy atom. The first-order valence-electron chi connectivity index (χ1n) is 8.38. The minimum absolute atomic E-state index is 0.0276. The first-order valence-corrected chi connectivity index (χ1v) is 9.51. The van der Waals surface area contributed by atoms with E-state index in [-0.39, 0.29) is 22.8 Å². The standard InChI is InChI=1S/C20H12Cl3F3N2O2/c21-15-5-2-6-16(22)14(15)10-28-9-11(7-17(23)19(28)30)18(29)27-13-4-1-3-12(8-13)20(24,25)26/h1-9H,10H2,(H,27,29). The van der Waals surface area contributed by atoms with Gasteiger partial charge in [0, 0.05) is 27.5 Å². The van der Waals surface area contributed by atoms with Gasteiger partial charge in [-0.25, -0.2) is 0 Å². The summed E-state index contributed by atoms with van der Waals surface area (Å²) in [5, 5.41) is 2.77. The number of rotatable bonds is 4. The fourth-order valence-corrected chi connectivity index (χ4v) is 3.41. The summed E-state index contributed by atoms with van der Waals surface area (Å²) in [7, 11) is 0. The van der Waals surface area contributed by atoms with E-state index in [0.29, 0.717) is 15.6 Å². The highest BCUT2D eigenvalue weighted by Gasteiger charge is 2.30. The predicted octanol–water partition coefficient (Wildman–Crippen LogP) is 6.13. The Bertz CT molecular complexity index is 1160. The molecule has 10 heteroatoms. The Kier molecular flexibility index (Phi) is 6.45. The monoisotopic (exact) mass is 474 g/mol. The Morgan fingerprint density at radius 1 is 0.967 bits per heavy atom. The number of benzene rings is 2. The van der Waals surface area contributed by atoms with Crippen molar-refractivity contribution in [2.45, 2.75) is 12.7 Å². The van der Waals surface area contributed by atoms with Crippen LogP contribution in [0.1, 0.15) is 21.5 Å². The Labute approximate surface area is 183 Å². The Balaban J connectivity index is 1.92. The van der Waals surface area contributed by atoms with Crippen molar-refractivity contribution in [3.8, 4) is 0 Å². The van der Waals surface area contributed by atoms with Crippen LogP contribution in [0.15, 0.2) is 59.5 Å². The number of hydrogen-bond donors (Lipinski definition) is 1. The fourth-order valence-electron chi connectivity index (χ4n) is 2.67. The van der Waals surface area contributed by atoms with Crippen LogP contribution in [0.2, 0.25) is 15.1 Å². The number of halogens is 6. The summed E-state index contributed by atoms with van der Waals surface area (Å²) >= 11 is 18.2. The van der Waals surface area contributed by atoms with Gasteiger partial charge in [0.2, 0.25) is 0 Å². The number of amides is 1. The molecule has 0 fully saturated rings. The molecule has 1 heterocycles. The zero-order valence-corrected chi connectivity index (χ0v) is 17.2. The van der Waals surface area contributed by atoms with Crippen molar-refractivity contribution < 1.29 is 18.0 Å². The van der Waals surface area contributed by atoms with Crippen LogP contribution in [0.4, 0.5) is 18.9 Å². The number of aromatic nitrogens is 1. The highest BCUT2D eigenvalue weighted by molar-refractivity contribution is 6.36. The van der Waals surface area contributed by atoms with Gasteiger partial charge in [-0.15, -0.1) is 0 Å². The number of nitrogens with one attached hydrogen (secondary N) is 1. The van der Waals surface area contributed by atoms with Crippen molar-refractivity contribution >= 4 is 46.4 Å².